The Morgan fingerprint density at radius 2 is 1.89 bits per heavy atom. The molecule has 19 heavy (non-hydrogen) atoms. The molecule has 1 aromatic heterocycles. The van der Waals surface area contributed by atoms with E-state index in [2.05, 4.69) is 5.38 Å². The van der Waals surface area contributed by atoms with Gasteiger partial charge in [-0.3, -0.25) is 0 Å². The maximum Gasteiger partial charge on any atom is 0.119 e. The van der Waals surface area contributed by atoms with Crippen LogP contribution < -0.4 is 4.74 Å². The van der Waals surface area contributed by atoms with Crippen LogP contribution in [0.3, 0.4) is 0 Å². The lowest BCUT2D eigenvalue weighted by atomic mass is 10.2. The van der Waals surface area contributed by atoms with E-state index in [1.165, 1.54) is 0 Å². The standard InChI is InChI=1S/C15H11ClO2S/c16-11-1-4-13(5-2-11)18-8-10-9-19-15-6-3-12(17)7-14(10)15/h1-7,9,17H,8H2. The molecule has 0 aliphatic carbocycles. The molecule has 1 heterocycles. The first-order valence-corrected chi connectivity index (χ1v) is 7.05. The van der Waals surface area contributed by atoms with E-state index < -0.39 is 0 Å². The Morgan fingerprint density at radius 1 is 1.11 bits per heavy atom. The fourth-order valence-corrected chi connectivity index (χ4v) is 2.93. The molecule has 0 saturated heterocycles. The lowest BCUT2D eigenvalue weighted by molar-refractivity contribution is 0.308. The molecule has 1 N–H and O–H groups in total. The quantitative estimate of drug-likeness (QED) is 0.748. The van der Waals surface area contributed by atoms with Crippen molar-refractivity contribution >= 4 is 33.0 Å². The van der Waals surface area contributed by atoms with Gasteiger partial charge in [0.05, 0.1) is 0 Å². The third-order valence-corrected chi connectivity index (χ3v) is 4.11. The van der Waals surface area contributed by atoms with Gasteiger partial charge >= 0.3 is 0 Å². The van der Waals surface area contributed by atoms with Crippen LogP contribution in [0.1, 0.15) is 5.56 Å². The predicted molar refractivity (Wildman–Crippen MR) is 79.3 cm³/mol. The third kappa shape index (κ3) is 2.67. The van der Waals surface area contributed by atoms with Crippen LogP contribution in [0.2, 0.25) is 5.02 Å². The Kier molecular flexibility index (Phi) is 3.32. The van der Waals surface area contributed by atoms with E-state index in [1.807, 2.05) is 18.2 Å². The van der Waals surface area contributed by atoms with Crippen LogP contribution in [-0.2, 0) is 6.61 Å². The number of rotatable bonds is 3. The number of ether oxygens (including phenoxy) is 1. The second-order valence-electron chi connectivity index (χ2n) is 4.18. The molecule has 3 aromatic rings. The molecule has 3 rings (SSSR count). The van der Waals surface area contributed by atoms with E-state index in [0.717, 1.165) is 21.4 Å². The summed E-state index contributed by atoms with van der Waals surface area (Å²) < 4.78 is 6.87. The first kappa shape index (κ1) is 12.3. The van der Waals surface area contributed by atoms with Crippen molar-refractivity contribution in [3.8, 4) is 11.5 Å². The summed E-state index contributed by atoms with van der Waals surface area (Å²) in [6, 6.07) is 12.7. The van der Waals surface area contributed by atoms with Crippen LogP contribution in [0.25, 0.3) is 10.1 Å². The number of hydrogen-bond donors (Lipinski definition) is 1. The Hall–Kier alpha value is -1.71. The molecule has 0 amide bonds. The summed E-state index contributed by atoms with van der Waals surface area (Å²) in [5, 5.41) is 13.3. The van der Waals surface area contributed by atoms with Crippen molar-refractivity contribution in [3.63, 3.8) is 0 Å². The zero-order chi connectivity index (χ0) is 13.2. The van der Waals surface area contributed by atoms with Gasteiger partial charge in [-0.05, 0) is 47.8 Å². The number of thiophene rings is 1. The van der Waals surface area contributed by atoms with Crippen molar-refractivity contribution in [1.29, 1.82) is 0 Å². The third-order valence-electron chi connectivity index (χ3n) is 2.85. The monoisotopic (exact) mass is 290 g/mol. The fourth-order valence-electron chi connectivity index (χ4n) is 1.87. The minimum absolute atomic E-state index is 0.277. The van der Waals surface area contributed by atoms with Crippen molar-refractivity contribution in [2.45, 2.75) is 6.61 Å². The average Bonchev–Trinajstić information content (AvgIpc) is 2.80. The van der Waals surface area contributed by atoms with Gasteiger partial charge in [0.2, 0.25) is 0 Å². The molecule has 2 aromatic carbocycles. The van der Waals surface area contributed by atoms with Crippen LogP contribution in [0.4, 0.5) is 0 Å². The molecule has 0 fully saturated rings. The molecule has 0 atom stereocenters. The minimum Gasteiger partial charge on any atom is -0.508 e. The van der Waals surface area contributed by atoms with Crippen molar-refractivity contribution in [2.75, 3.05) is 0 Å². The molecule has 0 aliphatic rings. The van der Waals surface area contributed by atoms with E-state index in [4.69, 9.17) is 16.3 Å². The number of halogens is 1. The maximum atomic E-state index is 9.54. The number of phenolic OH excluding ortho intramolecular Hbond substituents is 1. The normalized spacial score (nSPS) is 10.8. The molecular formula is C15H11ClO2S. The van der Waals surface area contributed by atoms with E-state index in [1.54, 1.807) is 35.6 Å². The van der Waals surface area contributed by atoms with Gasteiger partial charge in [0, 0.05) is 20.7 Å². The van der Waals surface area contributed by atoms with E-state index >= 15 is 0 Å². The highest BCUT2D eigenvalue weighted by atomic mass is 35.5. The van der Waals surface area contributed by atoms with Gasteiger partial charge in [0.1, 0.15) is 18.1 Å². The number of hydrogen-bond acceptors (Lipinski definition) is 3. The van der Waals surface area contributed by atoms with Crippen molar-refractivity contribution in [3.05, 3.63) is 58.4 Å². The number of phenols is 1. The first-order chi connectivity index (χ1) is 9.22. The predicted octanol–water partition coefficient (Wildman–Crippen LogP) is 4.84. The van der Waals surface area contributed by atoms with Gasteiger partial charge in [0.25, 0.3) is 0 Å². The second-order valence-corrected chi connectivity index (χ2v) is 5.53. The second kappa shape index (κ2) is 5.11. The lowest BCUT2D eigenvalue weighted by Gasteiger charge is -2.05. The van der Waals surface area contributed by atoms with Crippen LogP contribution in [0.15, 0.2) is 47.8 Å². The smallest absolute Gasteiger partial charge is 0.119 e. The Morgan fingerprint density at radius 3 is 2.68 bits per heavy atom. The molecule has 4 heteroatoms. The SMILES string of the molecule is Oc1ccc2scc(COc3ccc(Cl)cc3)c2c1. The van der Waals surface area contributed by atoms with Gasteiger partial charge in [0.15, 0.2) is 0 Å². The zero-order valence-corrected chi connectivity index (χ0v) is 11.5. The summed E-state index contributed by atoms with van der Waals surface area (Å²) in [4.78, 5) is 0. The summed E-state index contributed by atoms with van der Waals surface area (Å²) in [5.41, 5.74) is 1.07. The topological polar surface area (TPSA) is 29.5 Å². The van der Waals surface area contributed by atoms with Gasteiger partial charge in [-0.1, -0.05) is 11.6 Å². The molecule has 0 radical (unpaired) electrons. The Bertz CT molecular complexity index is 704. The van der Waals surface area contributed by atoms with Crippen molar-refractivity contribution in [2.24, 2.45) is 0 Å². The molecular weight excluding hydrogens is 280 g/mol. The highest BCUT2D eigenvalue weighted by Crippen LogP contribution is 2.30. The Balaban J connectivity index is 1.81. The molecule has 0 unspecified atom stereocenters. The molecule has 0 bridgehead atoms. The fraction of sp³-hybridized carbons (Fsp3) is 0.0667. The molecule has 2 nitrogen and oxygen atoms in total. The lowest BCUT2D eigenvalue weighted by Crippen LogP contribution is -1.93. The maximum absolute atomic E-state index is 9.54. The highest BCUT2D eigenvalue weighted by Gasteiger charge is 2.05. The van der Waals surface area contributed by atoms with Crippen LogP contribution in [0.5, 0.6) is 11.5 Å². The number of fused-ring (bicyclic) bond motifs is 1. The van der Waals surface area contributed by atoms with Crippen LogP contribution in [-0.4, -0.2) is 5.11 Å². The van der Waals surface area contributed by atoms with Gasteiger partial charge < -0.3 is 9.84 Å². The average molecular weight is 291 g/mol. The van der Waals surface area contributed by atoms with E-state index in [-0.39, 0.29) is 5.75 Å². The zero-order valence-electron chi connectivity index (χ0n) is 9.97. The van der Waals surface area contributed by atoms with Gasteiger partial charge in [-0.15, -0.1) is 11.3 Å². The summed E-state index contributed by atoms with van der Waals surface area (Å²) in [7, 11) is 0. The number of benzene rings is 2. The molecule has 0 saturated carbocycles. The minimum atomic E-state index is 0.277. The van der Waals surface area contributed by atoms with Crippen molar-refractivity contribution in [1.82, 2.24) is 0 Å². The summed E-state index contributed by atoms with van der Waals surface area (Å²) in [6.07, 6.45) is 0. The van der Waals surface area contributed by atoms with Crippen LogP contribution >= 0.6 is 22.9 Å². The van der Waals surface area contributed by atoms with Crippen LogP contribution in [0, 0.1) is 0 Å². The number of aromatic hydroxyl groups is 1. The largest absolute Gasteiger partial charge is 0.508 e. The Labute approximate surface area is 119 Å². The molecule has 96 valence electrons. The summed E-state index contributed by atoms with van der Waals surface area (Å²) in [6.45, 7) is 0.477. The van der Waals surface area contributed by atoms with Crippen molar-refractivity contribution < 1.29 is 9.84 Å². The first-order valence-electron chi connectivity index (χ1n) is 5.80. The van der Waals surface area contributed by atoms with Gasteiger partial charge in [-0.25, -0.2) is 0 Å². The van der Waals surface area contributed by atoms with Gasteiger partial charge in [-0.2, -0.15) is 0 Å². The van der Waals surface area contributed by atoms with E-state index in [9.17, 15) is 5.11 Å². The summed E-state index contributed by atoms with van der Waals surface area (Å²) in [5.74, 6) is 1.06. The molecule has 0 spiro atoms. The molecule has 0 aliphatic heterocycles. The van der Waals surface area contributed by atoms with E-state index in [0.29, 0.717) is 11.6 Å². The summed E-state index contributed by atoms with van der Waals surface area (Å²) >= 11 is 7.47. The highest BCUT2D eigenvalue weighted by molar-refractivity contribution is 7.17.